The van der Waals surface area contributed by atoms with Gasteiger partial charge in [0.1, 0.15) is 10.5 Å². The highest BCUT2D eigenvalue weighted by molar-refractivity contribution is 7.18. The third kappa shape index (κ3) is 1.61. The van der Waals surface area contributed by atoms with Gasteiger partial charge in [-0.1, -0.05) is 6.92 Å². The van der Waals surface area contributed by atoms with Crippen molar-refractivity contribution in [1.82, 2.24) is 9.88 Å². The SMILES string of the molecule is CCN1c2cc(-c3ccncc3)sc2C(=O)N2CC21CC. The summed E-state index contributed by atoms with van der Waals surface area (Å²) in [6, 6.07) is 6.16. The number of amides is 1. The van der Waals surface area contributed by atoms with Gasteiger partial charge in [-0.3, -0.25) is 9.78 Å². The van der Waals surface area contributed by atoms with Crippen LogP contribution in [-0.2, 0) is 0 Å². The van der Waals surface area contributed by atoms with E-state index in [1.54, 1.807) is 23.7 Å². The molecule has 21 heavy (non-hydrogen) atoms. The lowest BCUT2D eigenvalue weighted by atomic mass is 10.1. The first-order chi connectivity index (χ1) is 10.2. The fourth-order valence-electron chi connectivity index (χ4n) is 3.41. The maximum absolute atomic E-state index is 12.6. The number of carbonyl (C=O) groups excluding carboxylic acids is 1. The first-order valence-electron chi connectivity index (χ1n) is 7.35. The average Bonchev–Trinajstić information content (AvgIpc) is 3.12. The first-order valence-corrected chi connectivity index (χ1v) is 8.16. The fraction of sp³-hybridized carbons (Fsp3) is 0.375. The zero-order valence-electron chi connectivity index (χ0n) is 12.2. The second-order valence-corrected chi connectivity index (χ2v) is 6.58. The minimum absolute atomic E-state index is 0.0601. The van der Waals surface area contributed by atoms with E-state index in [2.05, 4.69) is 29.8 Å². The van der Waals surface area contributed by atoms with Crippen molar-refractivity contribution in [1.29, 1.82) is 0 Å². The molecule has 1 saturated heterocycles. The van der Waals surface area contributed by atoms with E-state index in [-0.39, 0.29) is 11.6 Å². The lowest BCUT2D eigenvalue weighted by molar-refractivity contribution is 0.0845. The predicted molar refractivity (Wildman–Crippen MR) is 84.6 cm³/mol. The molecule has 2 aromatic rings. The third-order valence-electron chi connectivity index (χ3n) is 4.60. The third-order valence-corrected chi connectivity index (χ3v) is 5.76. The highest BCUT2D eigenvalue weighted by Crippen LogP contribution is 2.52. The van der Waals surface area contributed by atoms with Crippen molar-refractivity contribution < 1.29 is 4.79 Å². The number of fused-ring (bicyclic) bond motifs is 2. The van der Waals surface area contributed by atoms with Gasteiger partial charge >= 0.3 is 0 Å². The van der Waals surface area contributed by atoms with Crippen LogP contribution in [0.5, 0.6) is 0 Å². The van der Waals surface area contributed by atoms with Gasteiger partial charge in [0.05, 0.1) is 12.2 Å². The van der Waals surface area contributed by atoms with Gasteiger partial charge in [0, 0.05) is 23.8 Å². The highest BCUT2D eigenvalue weighted by Gasteiger charge is 2.61. The van der Waals surface area contributed by atoms with Crippen LogP contribution in [0.25, 0.3) is 10.4 Å². The van der Waals surface area contributed by atoms with Crippen molar-refractivity contribution in [3.8, 4) is 10.4 Å². The zero-order chi connectivity index (χ0) is 14.6. The number of nitrogens with zero attached hydrogens (tertiary/aromatic N) is 3. The van der Waals surface area contributed by atoms with Crippen molar-refractivity contribution in [2.45, 2.75) is 25.9 Å². The van der Waals surface area contributed by atoms with Gasteiger partial charge in [-0.15, -0.1) is 11.3 Å². The van der Waals surface area contributed by atoms with Crippen LogP contribution in [0.15, 0.2) is 30.6 Å². The molecule has 0 spiro atoms. The molecule has 1 amide bonds. The van der Waals surface area contributed by atoms with Crippen molar-refractivity contribution >= 4 is 22.9 Å². The molecule has 0 aromatic carbocycles. The summed E-state index contributed by atoms with van der Waals surface area (Å²) >= 11 is 1.59. The van der Waals surface area contributed by atoms with E-state index < -0.39 is 0 Å². The Bertz CT molecular complexity index is 712. The van der Waals surface area contributed by atoms with Crippen molar-refractivity contribution in [3.05, 3.63) is 35.5 Å². The molecular weight excluding hydrogens is 282 g/mol. The average molecular weight is 299 g/mol. The number of hydrogen-bond donors (Lipinski definition) is 0. The normalized spacial score (nSPS) is 23.0. The number of aromatic nitrogens is 1. The van der Waals surface area contributed by atoms with Crippen LogP contribution >= 0.6 is 11.3 Å². The number of carbonyl (C=O) groups is 1. The van der Waals surface area contributed by atoms with E-state index in [1.807, 2.05) is 17.0 Å². The fourth-order valence-corrected chi connectivity index (χ4v) is 4.52. The van der Waals surface area contributed by atoms with E-state index in [9.17, 15) is 4.79 Å². The molecule has 4 nitrogen and oxygen atoms in total. The number of thiophene rings is 1. The number of pyridine rings is 1. The van der Waals surface area contributed by atoms with Crippen LogP contribution in [0.4, 0.5) is 5.69 Å². The van der Waals surface area contributed by atoms with E-state index in [0.717, 1.165) is 40.5 Å². The minimum atomic E-state index is -0.0601. The molecule has 0 saturated carbocycles. The molecule has 5 heteroatoms. The van der Waals surface area contributed by atoms with Gasteiger partial charge in [0.15, 0.2) is 0 Å². The molecular formula is C16H17N3OS. The standard InChI is InChI=1S/C16H17N3OS/c1-3-16-10-19(16)15(20)14-12(18(16)4-2)9-13(21-14)11-5-7-17-8-6-11/h5-9H,3-4,10H2,1-2H3. The number of anilines is 1. The van der Waals surface area contributed by atoms with Crippen molar-refractivity contribution in [2.75, 3.05) is 18.0 Å². The second kappa shape index (κ2) is 4.31. The van der Waals surface area contributed by atoms with Gasteiger partial charge < -0.3 is 9.80 Å². The van der Waals surface area contributed by atoms with Gasteiger partial charge in [-0.25, -0.2) is 0 Å². The summed E-state index contributed by atoms with van der Waals surface area (Å²) in [4.78, 5) is 23.1. The van der Waals surface area contributed by atoms with E-state index >= 15 is 0 Å². The van der Waals surface area contributed by atoms with Gasteiger partial charge in [-0.05, 0) is 37.1 Å². The van der Waals surface area contributed by atoms with Gasteiger partial charge in [0.2, 0.25) is 0 Å². The molecule has 1 unspecified atom stereocenters. The van der Waals surface area contributed by atoms with E-state index in [1.165, 1.54) is 0 Å². The molecule has 1 atom stereocenters. The molecule has 2 aliphatic rings. The Morgan fingerprint density at radius 2 is 2.10 bits per heavy atom. The molecule has 0 N–H and O–H groups in total. The number of hydrogen-bond acceptors (Lipinski definition) is 4. The summed E-state index contributed by atoms with van der Waals surface area (Å²) in [7, 11) is 0. The molecule has 0 aliphatic carbocycles. The quantitative estimate of drug-likeness (QED) is 0.817. The van der Waals surface area contributed by atoms with Crippen LogP contribution in [0, 0.1) is 0 Å². The molecule has 1 fully saturated rings. The van der Waals surface area contributed by atoms with Crippen molar-refractivity contribution in [2.24, 2.45) is 0 Å². The maximum atomic E-state index is 12.6. The van der Waals surface area contributed by atoms with Crippen LogP contribution in [0.2, 0.25) is 0 Å². The monoisotopic (exact) mass is 299 g/mol. The zero-order valence-corrected chi connectivity index (χ0v) is 13.0. The van der Waals surface area contributed by atoms with Crippen LogP contribution in [0.1, 0.15) is 29.9 Å². The summed E-state index contributed by atoms with van der Waals surface area (Å²) in [5.74, 6) is 0.196. The maximum Gasteiger partial charge on any atom is 0.268 e. The molecule has 0 bridgehead atoms. The van der Waals surface area contributed by atoms with Gasteiger partial charge in [0.25, 0.3) is 5.91 Å². The Hall–Kier alpha value is -1.88. The molecule has 108 valence electrons. The molecule has 2 aliphatic heterocycles. The van der Waals surface area contributed by atoms with Crippen molar-refractivity contribution in [3.63, 3.8) is 0 Å². The Kier molecular flexibility index (Phi) is 2.63. The highest BCUT2D eigenvalue weighted by atomic mass is 32.1. The second-order valence-electron chi connectivity index (χ2n) is 5.53. The molecule has 2 aromatic heterocycles. The van der Waals surface area contributed by atoms with E-state index in [0.29, 0.717) is 0 Å². The summed E-state index contributed by atoms with van der Waals surface area (Å²) in [5, 5.41) is 0. The smallest absolute Gasteiger partial charge is 0.268 e. The Morgan fingerprint density at radius 3 is 2.76 bits per heavy atom. The predicted octanol–water partition coefficient (Wildman–Crippen LogP) is 3.21. The topological polar surface area (TPSA) is 36.2 Å². The minimum Gasteiger partial charge on any atom is -0.346 e. The van der Waals surface area contributed by atoms with Gasteiger partial charge in [-0.2, -0.15) is 0 Å². The van der Waals surface area contributed by atoms with Crippen LogP contribution in [-0.4, -0.2) is 34.5 Å². The molecule has 4 heterocycles. The van der Waals surface area contributed by atoms with Crippen LogP contribution in [0.3, 0.4) is 0 Å². The van der Waals surface area contributed by atoms with Crippen LogP contribution < -0.4 is 4.90 Å². The summed E-state index contributed by atoms with van der Waals surface area (Å²) in [5.41, 5.74) is 2.17. The Labute approximate surface area is 128 Å². The lowest BCUT2D eigenvalue weighted by Gasteiger charge is -2.35. The molecule has 0 radical (unpaired) electrons. The van der Waals surface area contributed by atoms with E-state index in [4.69, 9.17) is 0 Å². The number of rotatable bonds is 3. The number of likely N-dealkylation sites (N-methyl/N-ethyl adjacent to an activating group) is 1. The Morgan fingerprint density at radius 1 is 1.33 bits per heavy atom. The summed E-state index contributed by atoms with van der Waals surface area (Å²) in [6.07, 6.45) is 4.57. The summed E-state index contributed by atoms with van der Waals surface area (Å²) in [6.45, 7) is 6.12. The summed E-state index contributed by atoms with van der Waals surface area (Å²) < 4.78 is 0. The largest absolute Gasteiger partial charge is 0.346 e. The lowest BCUT2D eigenvalue weighted by Crippen LogP contribution is -2.46. The molecule has 4 rings (SSSR count). The Balaban J connectivity index is 1.84. The first kappa shape index (κ1) is 12.8.